The van der Waals surface area contributed by atoms with E-state index in [2.05, 4.69) is 41.0 Å². The number of likely N-dealkylation sites (N-methyl/N-ethyl adjacent to an activating group) is 1. The Labute approximate surface area is 161 Å². The quantitative estimate of drug-likeness (QED) is 0.677. The molecule has 1 aliphatic rings. The predicted molar refractivity (Wildman–Crippen MR) is 106 cm³/mol. The Morgan fingerprint density at radius 1 is 1.11 bits per heavy atom. The molecule has 1 fully saturated rings. The minimum absolute atomic E-state index is 0.0125. The van der Waals surface area contributed by atoms with Gasteiger partial charge in [-0.2, -0.15) is 0 Å². The fraction of sp³-hybridized carbons (Fsp3) is 0.409. The molecule has 5 nitrogen and oxygen atoms in total. The number of methoxy groups -OCH3 is 1. The van der Waals surface area contributed by atoms with Crippen LogP contribution in [0.25, 0.3) is 0 Å². The van der Waals surface area contributed by atoms with Crippen molar-refractivity contribution in [1.29, 1.82) is 0 Å². The summed E-state index contributed by atoms with van der Waals surface area (Å²) in [4.78, 5) is 11.6. The van der Waals surface area contributed by atoms with Crippen molar-refractivity contribution in [2.45, 2.75) is 31.7 Å². The topological polar surface area (TPSA) is 59.6 Å². The van der Waals surface area contributed by atoms with Crippen molar-refractivity contribution in [3.05, 3.63) is 59.7 Å². The highest BCUT2D eigenvalue weighted by atomic mass is 16.5. The van der Waals surface area contributed by atoms with Crippen molar-refractivity contribution >= 4 is 5.91 Å². The zero-order chi connectivity index (χ0) is 19.1. The van der Waals surface area contributed by atoms with Crippen LogP contribution in [0.5, 0.6) is 11.5 Å². The molecule has 0 radical (unpaired) electrons. The number of carbonyl (C=O) groups excluding carboxylic acids is 1. The first kappa shape index (κ1) is 19.2. The molecule has 0 bridgehead atoms. The normalized spacial score (nSPS) is 14.4. The summed E-state index contributed by atoms with van der Waals surface area (Å²) in [6, 6.07) is 16.6. The second kappa shape index (κ2) is 8.91. The van der Waals surface area contributed by atoms with Gasteiger partial charge in [0.2, 0.25) is 0 Å². The second-order valence-electron chi connectivity index (χ2n) is 6.98. The van der Waals surface area contributed by atoms with Crippen LogP contribution in [-0.4, -0.2) is 32.7 Å². The van der Waals surface area contributed by atoms with Crippen molar-refractivity contribution in [2.75, 3.05) is 26.8 Å². The minimum atomic E-state index is -0.138. The van der Waals surface area contributed by atoms with E-state index in [1.54, 1.807) is 7.11 Å². The van der Waals surface area contributed by atoms with Gasteiger partial charge in [-0.15, -0.1) is 0 Å². The second-order valence-corrected chi connectivity index (χ2v) is 6.98. The number of ether oxygens (including phenoxy) is 2. The third-order valence-electron chi connectivity index (χ3n) is 4.99. The summed E-state index contributed by atoms with van der Waals surface area (Å²) < 4.78 is 11.0. The van der Waals surface area contributed by atoms with Crippen LogP contribution in [0.15, 0.2) is 48.5 Å². The zero-order valence-electron chi connectivity index (χ0n) is 16.1. The minimum Gasteiger partial charge on any atom is -0.493 e. The maximum Gasteiger partial charge on any atom is 0.257 e. The number of amides is 1. The van der Waals surface area contributed by atoms with E-state index < -0.39 is 0 Å². The van der Waals surface area contributed by atoms with Gasteiger partial charge >= 0.3 is 0 Å². The first-order chi connectivity index (χ1) is 13.2. The molecule has 27 heavy (non-hydrogen) atoms. The molecule has 0 spiro atoms. The Bertz CT molecular complexity index is 757. The average Bonchev–Trinajstić information content (AvgIpc) is 3.49. The van der Waals surface area contributed by atoms with E-state index in [0.717, 1.165) is 18.7 Å². The number of hydrogen-bond acceptors (Lipinski definition) is 4. The van der Waals surface area contributed by atoms with Gasteiger partial charge in [-0.3, -0.25) is 4.79 Å². The molecule has 5 heteroatoms. The Balaban J connectivity index is 1.54. The third-order valence-corrected chi connectivity index (χ3v) is 4.99. The van der Waals surface area contributed by atoms with E-state index in [1.165, 1.54) is 18.4 Å². The standard InChI is InChI=1S/C22H28N2O3/c1-3-24-21(25)15-27-19-10-9-17(13-20(19)26-2)14-23-16-22(11-12-22)18-7-5-4-6-8-18/h4-10,13,23H,3,11-12,14-16H2,1-2H3,(H,24,25). The SMILES string of the molecule is CCNC(=O)COc1ccc(CNCC2(c3ccccc3)CC2)cc1OC. The molecule has 0 unspecified atom stereocenters. The van der Waals surface area contributed by atoms with Crippen molar-refractivity contribution in [2.24, 2.45) is 0 Å². The summed E-state index contributed by atoms with van der Waals surface area (Å²) in [6.07, 6.45) is 2.47. The molecule has 0 aromatic heterocycles. The van der Waals surface area contributed by atoms with Gasteiger partial charge in [-0.25, -0.2) is 0 Å². The molecule has 144 valence electrons. The van der Waals surface area contributed by atoms with E-state index in [4.69, 9.17) is 9.47 Å². The molecular weight excluding hydrogens is 340 g/mol. The van der Waals surface area contributed by atoms with E-state index in [9.17, 15) is 4.79 Å². The monoisotopic (exact) mass is 368 g/mol. The first-order valence-electron chi connectivity index (χ1n) is 9.49. The van der Waals surface area contributed by atoms with Crippen LogP contribution in [-0.2, 0) is 16.8 Å². The maximum atomic E-state index is 11.6. The van der Waals surface area contributed by atoms with Gasteiger partial charge in [0.25, 0.3) is 5.91 Å². The number of rotatable bonds is 10. The lowest BCUT2D eigenvalue weighted by molar-refractivity contribution is -0.123. The maximum absolute atomic E-state index is 11.6. The van der Waals surface area contributed by atoms with Crippen LogP contribution in [0.4, 0.5) is 0 Å². The van der Waals surface area contributed by atoms with Gasteiger partial charge < -0.3 is 20.1 Å². The van der Waals surface area contributed by atoms with E-state index in [0.29, 0.717) is 23.5 Å². The lowest BCUT2D eigenvalue weighted by atomic mass is 9.96. The molecule has 1 aliphatic carbocycles. The molecule has 2 N–H and O–H groups in total. The summed E-state index contributed by atoms with van der Waals surface area (Å²) in [7, 11) is 1.61. The molecule has 0 heterocycles. The number of carbonyl (C=O) groups is 1. The Morgan fingerprint density at radius 2 is 1.89 bits per heavy atom. The third kappa shape index (κ3) is 5.01. The van der Waals surface area contributed by atoms with Gasteiger partial charge in [0.05, 0.1) is 7.11 Å². The van der Waals surface area contributed by atoms with Crippen LogP contribution in [0.1, 0.15) is 30.9 Å². The van der Waals surface area contributed by atoms with Crippen LogP contribution in [0, 0.1) is 0 Å². The Kier molecular flexibility index (Phi) is 6.35. The van der Waals surface area contributed by atoms with Crippen molar-refractivity contribution in [1.82, 2.24) is 10.6 Å². The van der Waals surface area contributed by atoms with Crippen molar-refractivity contribution < 1.29 is 14.3 Å². The summed E-state index contributed by atoms with van der Waals surface area (Å²) in [5.74, 6) is 1.08. The van der Waals surface area contributed by atoms with E-state index in [-0.39, 0.29) is 12.5 Å². The first-order valence-corrected chi connectivity index (χ1v) is 9.49. The molecule has 1 amide bonds. The van der Waals surface area contributed by atoms with Crippen LogP contribution >= 0.6 is 0 Å². The molecule has 3 rings (SSSR count). The van der Waals surface area contributed by atoms with Crippen molar-refractivity contribution in [3.8, 4) is 11.5 Å². The summed E-state index contributed by atoms with van der Waals surface area (Å²) in [5, 5.41) is 6.29. The molecule has 0 aliphatic heterocycles. The summed E-state index contributed by atoms with van der Waals surface area (Å²) in [5.41, 5.74) is 2.84. The van der Waals surface area contributed by atoms with Crippen molar-refractivity contribution in [3.63, 3.8) is 0 Å². The number of hydrogen-bond donors (Lipinski definition) is 2. The van der Waals surface area contributed by atoms with Gasteiger partial charge in [0.15, 0.2) is 18.1 Å². The summed E-state index contributed by atoms with van der Waals surface area (Å²) in [6.45, 7) is 4.19. The molecule has 2 aromatic carbocycles. The molecular formula is C22H28N2O3. The fourth-order valence-corrected chi connectivity index (χ4v) is 3.29. The van der Waals surface area contributed by atoms with E-state index in [1.807, 2.05) is 25.1 Å². The van der Waals surface area contributed by atoms with Gasteiger partial charge in [0.1, 0.15) is 0 Å². The van der Waals surface area contributed by atoms with Gasteiger partial charge in [-0.1, -0.05) is 36.4 Å². The van der Waals surface area contributed by atoms with Gasteiger partial charge in [-0.05, 0) is 43.0 Å². The highest BCUT2D eigenvalue weighted by Gasteiger charge is 2.43. The van der Waals surface area contributed by atoms with Gasteiger partial charge in [0, 0.05) is 25.0 Å². The lowest BCUT2D eigenvalue weighted by Gasteiger charge is -2.17. The Hall–Kier alpha value is -2.53. The molecule has 1 saturated carbocycles. The fourth-order valence-electron chi connectivity index (χ4n) is 3.29. The molecule has 2 aromatic rings. The number of nitrogens with one attached hydrogen (secondary N) is 2. The zero-order valence-corrected chi connectivity index (χ0v) is 16.1. The smallest absolute Gasteiger partial charge is 0.257 e. The highest BCUT2D eigenvalue weighted by Crippen LogP contribution is 2.47. The van der Waals surface area contributed by atoms with Crippen LogP contribution in [0.3, 0.4) is 0 Å². The largest absolute Gasteiger partial charge is 0.493 e. The number of benzene rings is 2. The van der Waals surface area contributed by atoms with E-state index >= 15 is 0 Å². The summed E-state index contributed by atoms with van der Waals surface area (Å²) >= 11 is 0. The van der Waals surface area contributed by atoms with Crippen LogP contribution in [0.2, 0.25) is 0 Å². The predicted octanol–water partition coefficient (Wildman–Crippen LogP) is 3.03. The molecule has 0 saturated heterocycles. The average molecular weight is 368 g/mol. The Morgan fingerprint density at radius 3 is 2.56 bits per heavy atom. The van der Waals surface area contributed by atoms with Crippen LogP contribution < -0.4 is 20.1 Å². The lowest BCUT2D eigenvalue weighted by Crippen LogP contribution is -2.28. The highest BCUT2D eigenvalue weighted by molar-refractivity contribution is 5.77. The molecule has 0 atom stereocenters.